The molecule has 1 amide bonds. The van der Waals surface area contributed by atoms with Crippen LogP contribution >= 0.6 is 11.8 Å². The van der Waals surface area contributed by atoms with Crippen molar-refractivity contribution in [1.82, 2.24) is 0 Å². The van der Waals surface area contributed by atoms with Crippen LogP contribution in [0.2, 0.25) is 0 Å². The Hall–Kier alpha value is -0.420. The minimum Gasteiger partial charge on any atom is -0.447 e. The molecule has 0 bridgehead atoms. The van der Waals surface area contributed by atoms with E-state index in [2.05, 4.69) is 0 Å². The van der Waals surface area contributed by atoms with Crippen LogP contribution in [0.1, 0.15) is 20.3 Å². The summed E-state index contributed by atoms with van der Waals surface area (Å²) >= 11 is 1.75. The summed E-state index contributed by atoms with van der Waals surface area (Å²) in [6.45, 7) is 4.59. The van der Waals surface area contributed by atoms with Crippen LogP contribution in [0.4, 0.5) is 4.79 Å². The molecule has 0 aromatic rings. The second kappa shape index (κ2) is 4.19. The van der Waals surface area contributed by atoms with E-state index >= 15 is 0 Å². The van der Waals surface area contributed by atoms with E-state index in [0.29, 0.717) is 6.42 Å². The molecule has 1 aliphatic rings. The average Bonchev–Trinajstić information content (AvgIpc) is 2.33. The van der Waals surface area contributed by atoms with Crippen molar-refractivity contribution in [1.29, 1.82) is 0 Å². The van der Waals surface area contributed by atoms with Gasteiger partial charge in [-0.25, -0.2) is 4.79 Å². The zero-order valence-corrected chi connectivity index (χ0v) is 8.73. The summed E-state index contributed by atoms with van der Waals surface area (Å²) < 4.78 is 10.3. The molecular formula is C8H15NO3S. The Morgan fingerprint density at radius 2 is 2.54 bits per heavy atom. The van der Waals surface area contributed by atoms with E-state index in [-0.39, 0.29) is 11.0 Å². The van der Waals surface area contributed by atoms with E-state index in [9.17, 15) is 4.79 Å². The number of rotatable bonds is 3. The Balaban J connectivity index is 2.33. The largest absolute Gasteiger partial charge is 0.447 e. The van der Waals surface area contributed by atoms with Gasteiger partial charge in [0.05, 0.1) is 6.61 Å². The minimum absolute atomic E-state index is 0.187. The number of ether oxygens (including phenoxy) is 2. The lowest BCUT2D eigenvalue weighted by Gasteiger charge is -2.25. The molecule has 1 heterocycles. The van der Waals surface area contributed by atoms with Crippen molar-refractivity contribution in [3.8, 4) is 0 Å². The number of hydrogen-bond donors (Lipinski definition) is 1. The number of thioether (sulfide) groups is 1. The molecule has 0 spiro atoms. The molecule has 1 rings (SSSR count). The van der Waals surface area contributed by atoms with Crippen molar-refractivity contribution in [3.05, 3.63) is 0 Å². The van der Waals surface area contributed by atoms with Gasteiger partial charge in [0.15, 0.2) is 0 Å². The normalized spacial score (nSPS) is 30.0. The molecule has 0 aromatic carbocycles. The summed E-state index contributed by atoms with van der Waals surface area (Å²) in [6.07, 6.45) is -0.229. The third-order valence-corrected chi connectivity index (χ3v) is 3.14. The first-order valence-corrected chi connectivity index (χ1v) is 5.24. The van der Waals surface area contributed by atoms with Gasteiger partial charge >= 0.3 is 6.09 Å². The van der Waals surface area contributed by atoms with Gasteiger partial charge in [0.25, 0.3) is 0 Å². The Morgan fingerprint density at radius 1 is 1.85 bits per heavy atom. The number of primary amides is 1. The topological polar surface area (TPSA) is 61.6 Å². The summed E-state index contributed by atoms with van der Waals surface area (Å²) in [5.41, 5.74) is 4.90. The van der Waals surface area contributed by atoms with Gasteiger partial charge in [-0.3, -0.25) is 0 Å². The molecule has 1 aliphatic heterocycles. The Bertz CT molecular complexity index is 192. The third-order valence-electron chi connectivity index (χ3n) is 1.87. The van der Waals surface area contributed by atoms with Crippen molar-refractivity contribution in [2.75, 3.05) is 12.4 Å². The van der Waals surface area contributed by atoms with E-state index in [4.69, 9.17) is 15.2 Å². The van der Waals surface area contributed by atoms with Gasteiger partial charge in [0.2, 0.25) is 0 Å². The summed E-state index contributed by atoms with van der Waals surface area (Å²) in [6, 6.07) is 0. The first-order valence-electron chi connectivity index (χ1n) is 4.26. The van der Waals surface area contributed by atoms with Crippen molar-refractivity contribution >= 4 is 17.9 Å². The number of carbonyl (C=O) groups excluding carboxylic acids is 1. The van der Waals surface area contributed by atoms with Gasteiger partial charge in [-0.15, -0.1) is 11.8 Å². The van der Waals surface area contributed by atoms with Crippen LogP contribution in [-0.2, 0) is 9.47 Å². The molecule has 2 atom stereocenters. The fourth-order valence-electron chi connectivity index (χ4n) is 1.44. The molecule has 0 aliphatic carbocycles. The SMILES string of the molecule is C[C@H](C[C@]1(C)OCCS1)OC(N)=O. The van der Waals surface area contributed by atoms with Crippen LogP contribution in [0.3, 0.4) is 0 Å². The molecule has 1 fully saturated rings. The fourth-order valence-corrected chi connectivity index (χ4v) is 2.55. The van der Waals surface area contributed by atoms with Crippen LogP contribution < -0.4 is 5.73 Å². The molecule has 1 saturated heterocycles. The summed E-state index contributed by atoms with van der Waals surface area (Å²) in [4.78, 5) is 10.2. The lowest BCUT2D eigenvalue weighted by Crippen LogP contribution is -2.29. The highest BCUT2D eigenvalue weighted by Gasteiger charge is 2.33. The van der Waals surface area contributed by atoms with Crippen LogP contribution in [0, 0.1) is 0 Å². The van der Waals surface area contributed by atoms with Crippen LogP contribution in [0.5, 0.6) is 0 Å². The Kier molecular flexibility index (Phi) is 3.44. The molecule has 76 valence electrons. The van der Waals surface area contributed by atoms with E-state index in [1.165, 1.54) is 0 Å². The summed E-state index contributed by atoms with van der Waals surface area (Å²) in [5.74, 6) is 1.000. The van der Waals surface area contributed by atoms with E-state index in [0.717, 1.165) is 12.4 Å². The quantitative estimate of drug-likeness (QED) is 0.755. The van der Waals surface area contributed by atoms with Gasteiger partial charge in [-0.2, -0.15) is 0 Å². The predicted molar refractivity (Wildman–Crippen MR) is 51.6 cm³/mol. The molecule has 0 saturated carbocycles. The number of nitrogens with two attached hydrogens (primary N) is 1. The maximum Gasteiger partial charge on any atom is 0.404 e. The molecule has 2 N–H and O–H groups in total. The summed E-state index contributed by atoms with van der Waals surface area (Å²) in [5, 5.41) is 0. The van der Waals surface area contributed by atoms with Crippen molar-refractivity contribution in [2.45, 2.75) is 31.3 Å². The lowest BCUT2D eigenvalue weighted by atomic mass is 10.2. The smallest absolute Gasteiger partial charge is 0.404 e. The first kappa shape index (κ1) is 10.7. The standard InChI is InChI=1S/C8H15NO3S/c1-6(12-7(9)10)5-8(2)11-3-4-13-8/h6H,3-5H2,1-2H3,(H2,9,10)/t6-,8-/m1/s1. The Morgan fingerprint density at radius 3 is 3.00 bits per heavy atom. The molecule has 4 nitrogen and oxygen atoms in total. The number of hydrogen-bond acceptors (Lipinski definition) is 4. The summed E-state index contributed by atoms with van der Waals surface area (Å²) in [7, 11) is 0. The number of carbonyl (C=O) groups is 1. The zero-order chi connectivity index (χ0) is 9.90. The van der Waals surface area contributed by atoms with E-state index in [1.807, 2.05) is 13.8 Å². The molecule has 0 radical (unpaired) electrons. The fraction of sp³-hybridized carbons (Fsp3) is 0.875. The highest BCUT2D eigenvalue weighted by atomic mass is 32.2. The molecular weight excluding hydrogens is 190 g/mol. The minimum atomic E-state index is -0.723. The highest BCUT2D eigenvalue weighted by Crippen LogP contribution is 2.36. The predicted octanol–water partition coefficient (Wildman–Crippen LogP) is 1.34. The van der Waals surface area contributed by atoms with Gasteiger partial charge in [-0.1, -0.05) is 0 Å². The van der Waals surface area contributed by atoms with Gasteiger partial charge in [0.1, 0.15) is 11.0 Å². The second-order valence-corrected chi connectivity index (χ2v) is 4.84. The van der Waals surface area contributed by atoms with Gasteiger partial charge in [-0.05, 0) is 13.8 Å². The zero-order valence-electron chi connectivity index (χ0n) is 7.91. The van der Waals surface area contributed by atoms with Gasteiger partial charge < -0.3 is 15.2 Å². The molecule has 5 heteroatoms. The molecule has 0 aromatic heterocycles. The third kappa shape index (κ3) is 3.44. The Labute approximate surface area is 82.1 Å². The number of amides is 1. The maximum absolute atomic E-state index is 10.4. The van der Waals surface area contributed by atoms with Gasteiger partial charge in [0, 0.05) is 12.2 Å². The molecule has 0 unspecified atom stereocenters. The van der Waals surface area contributed by atoms with Crippen LogP contribution in [-0.4, -0.2) is 29.5 Å². The second-order valence-electron chi connectivity index (χ2n) is 3.28. The van der Waals surface area contributed by atoms with E-state index in [1.54, 1.807) is 11.8 Å². The van der Waals surface area contributed by atoms with Crippen molar-refractivity contribution < 1.29 is 14.3 Å². The monoisotopic (exact) mass is 205 g/mol. The first-order chi connectivity index (χ1) is 6.02. The molecule has 13 heavy (non-hydrogen) atoms. The van der Waals surface area contributed by atoms with Crippen molar-refractivity contribution in [3.63, 3.8) is 0 Å². The van der Waals surface area contributed by atoms with E-state index < -0.39 is 6.09 Å². The maximum atomic E-state index is 10.4. The van der Waals surface area contributed by atoms with Crippen LogP contribution in [0.15, 0.2) is 0 Å². The van der Waals surface area contributed by atoms with Crippen LogP contribution in [0.25, 0.3) is 0 Å². The van der Waals surface area contributed by atoms with Crippen molar-refractivity contribution in [2.24, 2.45) is 5.73 Å². The lowest BCUT2D eigenvalue weighted by molar-refractivity contribution is 0.0192. The highest BCUT2D eigenvalue weighted by molar-refractivity contribution is 8.00. The average molecular weight is 205 g/mol.